The highest BCUT2D eigenvalue weighted by Crippen LogP contribution is 2.22. The first kappa shape index (κ1) is 13.6. The highest BCUT2D eigenvalue weighted by atomic mass is 35.5. The number of hydrogen-bond donors (Lipinski definition) is 1. The van der Waals surface area contributed by atoms with Crippen LogP contribution in [0.3, 0.4) is 0 Å². The van der Waals surface area contributed by atoms with Crippen molar-refractivity contribution in [1.29, 1.82) is 0 Å². The summed E-state index contributed by atoms with van der Waals surface area (Å²) in [4.78, 5) is 11.0. The zero-order chi connectivity index (χ0) is 13.7. The van der Waals surface area contributed by atoms with Crippen LogP contribution in [0.2, 0.25) is 0 Å². The molecule has 0 aliphatic carbocycles. The van der Waals surface area contributed by atoms with E-state index in [0.29, 0.717) is 12.1 Å². The summed E-state index contributed by atoms with van der Waals surface area (Å²) in [6.07, 6.45) is 0. The van der Waals surface area contributed by atoms with E-state index in [2.05, 4.69) is 5.32 Å². The smallest absolute Gasteiger partial charge is 0.235 e. The molecule has 4 heteroatoms. The van der Waals surface area contributed by atoms with Crippen LogP contribution in [0.5, 0.6) is 0 Å². The Morgan fingerprint density at radius 3 is 2.42 bits per heavy atom. The summed E-state index contributed by atoms with van der Waals surface area (Å²) in [6.45, 7) is 0.420. The van der Waals surface area contributed by atoms with Crippen molar-refractivity contribution in [2.24, 2.45) is 0 Å². The minimum atomic E-state index is -0.245. The van der Waals surface area contributed by atoms with Gasteiger partial charge in [0.2, 0.25) is 5.91 Å². The molecule has 0 spiro atoms. The molecule has 1 amide bonds. The Labute approximate surface area is 116 Å². The summed E-state index contributed by atoms with van der Waals surface area (Å²) in [6, 6.07) is 14.0. The highest BCUT2D eigenvalue weighted by Gasteiger charge is 2.04. The molecular formula is C15H13ClFNO. The molecule has 0 radical (unpaired) electrons. The maximum Gasteiger partial charge on any atom is 0.235 e. The van der Waals surface area contributed by atoms with Gasteiger partial charge >= 0.3 is 0 Å². The monoisotopic (exact) mass is 277 g/mol. The van der Waals surface area contributed by atoms with E-state index < -0.39 is 0 Å². The third kappa shape index (κ3) is 3.55. The predicted octanol–water partition coefficient (Wildman–Crippen LogP) is 3.35. The molecule has 0 aliphatic heterocycles. The molecule has 19 heavy (non-hydrogen) atoms. The van der Waals surface area contributed by atoms with Crippen molar-refractivity contribution in [3.8, 4) is 11.1 Å². The number of benzene rings is 2. The lowest BCUT2D eigenvalue weighted by atomic mass is 10.0. The average Bonchev–Trinajstić information content (AvgIpc) is 2.46. The lowest BCUT2D eigenvalue weighted by molar-refractivity contribution is -0.118. The zero-order valence-corrected chi connectivity index (χ0v) is 11.0. The van der Waals surface area contributed by atoms with Crippen LogP contribution in [0.1, 0.15) is 5.56 Å². The van der Waals surface area contributed by atoms with Crippen LogP contribution in [0.4, 0.5) is 4.39 Å². The Balaban J connectivity index is 2.11. The molecule has 0 atom stereocenters. The molecule has 0 aromatic heterocycles. The largest absolute Gasteiger partial charge is 0.351 e. The molecule has 2 aromatic rings. The SMILES string of the molecule is O=C(CCl)NCc1ccc(-c2ccccc2F)cc1. The van der Waals surface area contributed by atoms with E-state index >= 15 is 0 Å². The molecular weight excluding hydrogens is 265 g/mol. The van der Waals surface area contributed by atoms with Crippen LogP contribution in [0.25, 0.3) is 11.1 Å². The van der Waals surface area contributed by atoms with Gasteiger partial charge < -0.3 is 5.32 Å². The molecule has 2 rings (SSSR count). The summed E-state index contributed by atoms with van der Waals surface area (Å²) >= 11 is 5.39. The minimum absolute atomic E-state index is 0.0483. The van der Waals surface area contributed by atoms with Gasteiger partial charge in [-0.15, -0.1) is 11.6 Å². The molecule has 0 fully saturated rings. The van der Waals surface area contributed by atoms with Crippen molar-refractivity contribution in [2.75, 3.05) is 5.88 Å². The Kier molecular flexibility index (Phi) is 4.53. The number of amides is 1. The first-order chi connectivity index (χ1) is 9.20. The summed E-state index contributed by atoms with van der Waals surface area (Å²) in [5.41, 5.74) is 2.32. The van der Waals surface area contributed by atoms with E-state index in [9.17, 15) is 9.18 Å². The van der Waals surface area contributed by atoms with Crippen molar-refractivity contribution in [3.05, 3.63) is 59.9 Å². The molecule has 0 aliphatic rings. The fourth-order valence-electron chi connectivity index (χ4n) is 1.75. The van der Waals surface area contributed by atoms with Crippen LogP contribution in [0.15, 0.2) is 48.5 Å². The lowest BCUT2D eigenvalue weighted by Gasteiger charge is -2.06. The molecule has 0 saturated carbocycles. The van der Waals surface area contributed by atoms with Gasteiger partial charge in [-0.25, -0.2) is 4.39 Å². The van der Waals surface area contributed by atoms with Crippen LogP contribution in [-0.2, 0) is 11.3 Å². The van der Waals surface area contributed by atoms with Crippen LogP contribution < -0.4 is 5.32 Å². The number of halogens is 2. The molecule has 2 nitrogen and oxygen atoms in total. The van der Waals surface area contributed by atoms with Crippen molar-refractivity contribution in [2.45, 2.75) is 6.54 Å². The summed E-state index contributed by atoms with van der Waals surface area (Å²) < 4.78 is 13.6. The second-order valence-corrected chi connectivity index (χ2v) is 4.35. The average molecular weight is 278 g/mol. The third-order valence-corrected chi connectivity index (χ3v) is 2.99. The second kappa shape index (κ2) is 6.34. The van der Waals surface area contributed by atoms with E-state index in [1.165, 1.54) is 6.07 Å². The molecule has 0 saturated heterocycles. The predicted molar refractivity (Wildman–Crippen MR) is 74.4 cm³/mol. The van der Waals surface area contributed by atoms with Crippen LogP contribution in [0, 0.1) is 5.82 Å². The summed E-state index contributed by atoms with van der Waals surface area (Å²) in [7, 11) is 0. The maximum absolute atomic E-state index is 13.6. The Morgan fingerprint density at radius 1 is 1.11 bits per heavy atom. The molecule has 0 heterocycles. The van der Waals surface area contributed by atoms with Crippen LogP contribution >= 0.6 is 11.6 Å². The van der Waals surface area contributed by atoms with E-state index in [-0.39, 0.29) is 17.6 Å². The van der Waals surface area contributed by atoms with Gasteiger partial charge in [0.05, 0.1) is 0 Å². The standard InChI is InChI=1S/C15H13ClFNO/c16-9-15(19)18-10-11-5-7-12(8-6-11)13-3-1-2-4-14(13)17/h1-8H,9-10H2,(H,18,19). The number of carbonyl (C=O) groups excluding carboxylic acids is 1. The van der Waals surface area contributed by atoms with Gasteiger partial charge in [-0.1, -0.05) is 42.5 Å². The highest BCUT2D eigenvalue weighted by molar-refractivity contribution is 6.27. The summed E-state index contributed by atoms with van der Waals surface area (Å²) in [5.74, 6) is -0.502. The fraction of sp³-hybridized carbons (Fsp3) is 0.133. The lowest BCUT2D eigenvalue weighted by Crippen LogP contribution is -2.23. The van der Waals surface area contributed by atoms with E-state index in [0.717, 1.165) is 11.1 Å². The topological polar surface area (TPSA) is 29.1 Å². The molecule has 0 bridgehead atoms. The minimum Gasteiger partial charge on any atom is -0.351 e. The van der Waals surface area contributed by atoms with E-state index in [1.54, 1.807) is 18.2 Å². The van der Waals surface area contributed by atoms with Gasteiger partial charge in [0, 0.05) is 12.1 Å². The maximum atomic E-state index is 13.6. The molecule has 0 unspecified atom stereocenters. The Morgan fingerprint density at radius 2 is 1.79 bits per heavy atom. The third-order valence-electron chi connectivity index (χ3n) is 2.75. The van der Waals surface area contributed by atoms with Crippen LogP contribution in [-0.4, -0.2) is 11.8 Å². The van der Waals surface area contributed by atoms with E-state index in [4.69, 9.17) is 11.6 Å². The first-order valence-electron chi connectivity index (χ1n) is 5.87. The molecule has 2 aromatic carbocycles. The van der Waals surface area contributed by atoms with Crippen molar-refractivity contribution < 1.29 is 9.18 Å². The van der Waals surface area contributed by atoms with Gasteiger partial charge in [-0.2, -0.15) is 0 Å². The van der Waals surface area contributed by atoms with Gasteiger partial charge in [-0.3, -0.25) is 4.79 Å². The van der Waals surface area contributed by atoms with Gasteiger partial charge in [0.1, 0.15) is 11.7 Å². The number of nitrogens with one attached hydrogen (secondary N) is 1. The second-order valence-electron chi connectivity index (χ2n) is 4.09. The summed E-state index contributed by atoms with van der Waals surface area (Å²) in [5, 5.41) is 2.67. The normalized spacial score (nSPS) is 10.2. The Hall–Kier alpha value is -1.87. The van der Waals surface area contributed by atoms with Gasteiger partial charge in [-0.05, 0) is 17.2 Å². The molecule has 98 valence electrons. The number of alkyl halides is 1. The number of rotatable bonds is 4. The zero-order valence-electron chi connectivity index (χ0n) is 10.2. The number of hydrogen-bond acceptors (Lipinski definition) is 1. The Bertz CT molecular complexity index is 569. The first-order valence-corrected chi connectivity index (χ1v) is 6.40. The van der Waals surface area contributed by atoms with E-state index in [1.807, 2.05) is 24.3 Å². The quantitative estimate of drug-likeness (QED) is 0.853. The van der Waals surface area contributed by atoms with Gasteiger partial charge in [0.25, 0.3) is 0 Å². The van der Waals surface area contributed by atoms with Crippen molar-refractivity contribution in [1.82, 2.24) is 5.32 Å². The van der Waals surface area contributed by atoms with Crippen molar-refractivity contribution >= 4 is 17.5 Å². The molecule has 1 N–H and O–H groups in total. The fourth-order valence-corrected chi connectivity index (χ4v) is 1.84. The number of carbonyl (C=O) groups is 1. The van der Waals surface area contributed by atoms with Gasteiger partial charge in [0.15, 0.2) is 0 Å². The van der Waals surface area contributed by atoms with Crippen molar-refractivity contribution in [3.63, 3.8) is 0 Å².